The lowest BCUT2D eigenvalue weighted by Gasteiger charge is -2.01. The van der Waals surface area contributed by atoms with Crippen molar-refractivity contribution in [1.82, 2.24) is 20.5 Å². The lowest BCUT2D eigenvalue weighted by Crippen LogP contribution is -2.13. The molecule has 102 valence electrons. The molecular formula is C15H16N4O. The van der Waals surface area contributed by atoms with Gasteiger partial charge in [0.2, 0.25) is 11.8 Å². The molecule has 0 aliphatic heterocycles. The van der Waals surface area contributed by atoms with Crippen molar-refractivity contribution in [2.45, 2.75) is 19.9 Å². The van der Waals surface area contributed by atoms with Crippen molar-refractivity contribution in [3.05, 3.63) is 42.4 Å². The molecule has 0 aliphatic rings. The average Bonchev–Trinajstić information content (AvgIpc) is 2.96. The van der Waals surface area contributed by atoms with E-state index in [0.29, 0.717) is 18.3 Å². The Bertz CT molecular complexity index is 702. The Labute approximate surface area is 117 Å². The zero-order valence-electron chi connectivity index (χ0n) is 11.3. The molecule has 0 saturated heterocycles. The molecule has 0 fully saturated rings. The van der Waals surface area contributed by atoms with Gasteiger partial charge in [-0.3, -0.25) is 4.98 Å². The predicted molar refractivity (Wildman–Crippen MR) is 77.0 cm³/mol. The van der Waals surface area contributed by atoms with E-state index in [9.17, 15) is 0 Å². The zero-order valence-corrected chi connectivity index (χ0v) is 11.3. The van der Waals surface area contributed by atoms with Crippen molar-refractivity contribution >= 4 is 10.9 Å². The second-order valence-electron chi connectivity index (χ2n) is 4.55. The maximum atomic E-state index is 5.71. The maximum absolute atomic E-state index is 5.71. The van der Waals surface area contributed by atoms with E-state index >= 15 is 0 Å². The third-order valence-electron chi connectivity index (χ3n) is 3.05. The molecule has 3 aromatic rings. The summed E-state index contributed by atoms with van der Waals surface area (Å²) >= 11 is 0. The number of pyridine rings is 1. The largest absolute Gasteiger partial charge is 0.419 e. The van der Waals surface area contributed by atoms with Crippen molar-refractivity contribution in [2.24, 2.45) is 0 Å². The van der Waals surface area contributed by atoms with E-state index in [1.165, 1.54) is 0 Å². The Morgan fingerprint density at radius 1 is 1.15 bits per heavy atom. The Hall–Kier alpha value is -2.27. The highest BCUT2D eigenvalue weighted by atomic mass is 16.4. The third-order valence-corrected chi connectivity index (χ3v) is 3.05. The van der Waals surface area contributed by atoms with Crippen LogP contribution in [0.3, 0.4) is 0 Å². The van der Waals surface area contributed by atoms with Gasteiger partial charge < -0.3 is 9.73 Å². The third kappa shape index (κ3) is 2.53. The van der Waals surface area contributed by atoms with Crippen LogP contribution in [0.2, 0.25) is 0 Å². The highest BCUT2D eigenvalue weighted by Gasteiger charge is 2.11. The first-order valence-corrected chi connectivity index (χ1v) is 6.75. The summed E-state index contributed by atoms with van der Waals surface area (Å²) in [7, 11) is 0. The molecule has 0 unspecified atom stereocenters. The Morgan fingerprint density at radius 3 is 2.95 bits per heavy atom. The number of hydrogen-bond donors (Lipinski definition) is 1. The van der Waals surface area contributed by atoms with Gasteiger partial charge in [0.1, 0.15) is 0 Å². The van der Waals surface area contributed by atoms with Gasteiger partial charge in [0, 0.05) is 17.1 Å². The van der Waals surface area contributed by atoms with E-state index in [1.807, 2.05) is 30.3 Å². The van der Waals surface area contributed by atoms with Crippen LogP contribution in [0.5, 0.6) is 0 Å². The van der Waals surface area contributed by atoms with Crippen LogP contribution in [-0.4, -0.2) is 21.7 Å². The number of hydrogen-bond acceptors (Lipinski definition) is 5. The molecule has 0 bridgehead atoms. The molecule has 0 amide bonds. The summed E-state index contributed by atoms with van der Waals surface area (Å²) in [5, 5.41) is 12.5. The molecule has 0 atom stereocenters. The van der Waals surface area contributed by atoms with E-state index in [0.717, 1.165) is 29.4 Å². The van der Waals surface area contributed by atoms with Crippen LogP contribution in [0.25, 0.3) is 22.4 Å². The van der Waals surface area contributed by atoms with Gasteiger partial charge in [-0.05, 0) is 25.1 Å². The number of para-hydroxylation sites is 1. The molecular weight excluding hydrogens is 252 g/mol. The lowest BCUT2D eigenvalue weighted by molar-refractivity contribution is 0.478. The van der Waals surface area contributed by atoms with Crippen LogP contribution in [0.15, 0.2) is 40.9 Å². The van der Waals surface area contributed by atoms with Crippen LogP contribution < -0.4 is 5.32 Å². The summed E-state index contributed by atoms with van der Waals surface area (Å²) < 4.78 is 5.71. The van der Waals surface area contributed by atoms with Crippen LogP contribution in [0.4, 0.5) is 0 Å². The number of rotatable bonds is 5. The van der Waals surface area contributed by atoms with Gasteiger partial charge in [0.05, 0.1) is 12.1 Å². The quantitative estimate of drug-likeness (QED) is 0.721. The summed E-state index contributed by atoms with van der Waals surface area (Å²) in [6.45, 7) is 3.66. The molecule has 2 aromatic heterocycles. The monoisotopic (exact) mass is 268 g/mol. The van der Waals surface area contributed by atoms with E-state index in [4.69, 9.17) is 4.42 Å². The summed E-state index contributed by atoms with van der Waals surface area (Å²) in [5.74, 6) is 1.14. The first-order chi connectivity index (χ1) is 9.88. The zero-order chi connectivity index (χ0) is 13.8. The van der Waals surface area contributed by atoms with Gasteiger partial charge in [-0.25, -0.2) is 0 Å². The summed E-state index contributed by atoms with van der Waals surface area (Å²) in [4.78, 5) is 4.33. The van der Waals surface area contributed by atoms with Crippen molar-refractivity contribution in [3.8, 4) is 11.5 Å². The second-order valence-corrected chi connectivity index (χ2v) is 4.55. The molecule has 1 aromatic carbocycles. The molecule has 0 spiro atoms. The van der Waals surface area contributed by atoms with Crippen molar-refractivity contribution < 1.29 is 4.42 Å². The van der Waals surface area contributed by atoms with Crippen molar-refractivity contribution in [2.75, 3.05) is 6.54 Å². The van der Waals surface area contributed by atoms with Gasteiger partial charge >= 0.3 is 0 Å². The van der Waals surface area contributed by atoms with Crippen LogP contribution in [0, 0.1) is 0 Å². The Kier molecular flexibility index (Phi) is 3.69. The second kappa shape index (κ2) is 5.79. The van der Waals surface area contributed by atoms with E-state index in [2.05, 4.69) is 27.4 Å². The smallest absolute Gasteiger partial charge is 0.248 e. The topological polar surface area (TPSA) is 63.8 Å². The normalized spacial score (nSPS) is 11.1. The minimum atomic E-state index is 0.539. The fourth-order valence-electron chi connectivity index (χ4n) is 2.09. The highest BCUT2D eigenvalue weighted by Crippen LogP contribution is 2.25. The number of aromatic nitrogens is 3. The van der Waals surface area contributed by atoms with E-state index < -0.39 is 0 Å². The van der Waals surface area contributed by atoms with Crippen LogP contribution >= 0.6 is 0 Å². The fraction of sp³-hybridized carbons (Fsp3) is 0.267. The molecule has 1 N–H and O–H groups in total. The SMILES string of the molecule is CCCNCc1nnc(-c2ccnc3ccccc23)o1. The molecule has 2 heterocycles. The number of benzene rings is 1. The van der Waals surface area contributed by atoms with Crippen molar-refractivity contribution in [3.63, 3.8) is 0 Å². The number of nitrogens with one attached hydrogen (secondary N) is 1. The molecule has 3 rings (SSSR count). The minimum Gasteiger partial charge on any atom is -0.419 e. The summed E-state index contributed by atoms with van der Waals surface area (Å²) in [6.07, 6.45) is 2.84. The molecule has 0 radical (unpaired) electrons. The molecule has 5 heteroatoms. The predicted octanol–water partition coefficient (Wildman–Crippen LogP) is 2.78. The molecule has 20 heavy (non-hydrogen) atoms. The molecule has 0 aliphatic carbocycles. The van der Waals surface area contributed by atoms with Gasteiger partial charge in [-0.15, -0.1) is 10.2 Å². The van der Waals surface area contributed by atoms with Gasteiger partial charge in [-0.1, -0.05) is 25.1 Å². The summed E-state index contributed by atoms with van der Waals surface area (Å²) in [6, 6.07) is 9.83. The fourth-order valence-corrected chi connectivity index (χ4v) is 2.09. The summed E-state index contributed by atoms with van der Waals surface area (Å²) in [5.41, 5.74) is 1.85. The van der Waals surface area contributed by atoms with Crippen LogP contribution in [-0.2, 0) is 6.54 Å². The highest BCUT2D eigenvalue weighted by molar-refractivity contribution is 5.91. The lowest BCUT2D eigenvalue weighted by atomic mass is 10.1. The number of nitrogens with zero attached hydrogens (tertiary/aromatic N) is 3. The average molecular weight is 268 g/mol. The Morgan fingerprint density at radius 2 is 2.05 bits per heavy atom. The van der Waals surface area contributed by atoms with Crippen molar-refractivity contribution in [1.29, 1.82) is 0 Å². The van der Waals surface area contributed by atoms with Gasteiger partial charge in [-0.2, -0.15) is 0 Å². The van der Waals surface area contributed by atoms with E-state index in [-0.39, 0.29) is 0 Å². The molecule has 0 saturated carbocycles. The standard InChI is InChI=1S/C15H16N4O/c1-2-8-16-10-14-18-19-15(20-14)12-7-9-17-13-6-4-3-5-11(12)13/h3-7,9,16H,2,8,10H2,1H3. The Balaban J connectivity index is 1.91. The maximum Gasteiger partial charge on any atom is 0.248 e. The van der Waals surface area contributed by atoms with Crippen LogP contribution in [0.1, 0.15) is 19.2 Å². The minimum absolute atomic E-state index is 0.539. The molecule has 5 nitrogen and oxygen atoms in total. The number of fused-ring (bicyclic) bond motifs is 1. The van der Waals surface area contributed by atoms with Gasteiger partial charge in [0.15, 0.2) is 0 Å². The first kappa shape index (κ1) is 12.7. The first-order valence-electron chi connectivity index (χ1n) is 6.75. The van der Waals surface area contributed by atoms with E-state index in [1.54, 1.807) is 6.20 Å². The van der Waals surface area contributed by atoms with Gasteiger partial charge in [0.25, 0.3) is 0 Å².